The number of nitrogens with zero attached hydrogens (tertiary/aromatic N) is 1. The van der Waals surface area contributed by atoms with E-state index < -0.39 is 16.0 Å². The predicted molar refractivity (Wildman–Crippen MR) is 77.8 cm³/mol. The van der Waals surface area contributed by atoms with Crippen molar-refractivity contribution in [1.82, 2.24) is 9.19 Å². The molecular weight excluding hydrogens is 308 g/mol. The van der Waals surface area contributed by atoms with Crippen molar-refractivity contribution in [2.24, 2.45) is 0 Å². The Kier molecular flexibility index (Phi) is 2.99. The first-order valence-corrected chi connectivity index (χ1v) is 7.73. The van der Waals surface area contributed by atoms with Gasteiger partial charge >= 0.3 is 5.97 Å². The number of rotatable bonds is 3. The van der Waals surface area contributed by atoms with Crippen molar-refractivity contribution in [2.75, 3.05) is 0 Å². The molecule has 7 nitrogen and oxygen atoms in total. The van der Waals surface area contributed by atoms with Crippen molar-refractivity contribution in [3.8, 4) is 17.0 Å². The van der Waals surface area contributed by atoms with Gasteiger partial charge in [-0.05, 0) is 25.1 Å². The van der Waals surface area contributed by atoms with Gasteiger partial charge in [-0.1, -0.05) is 17.7 Å². The minimum Gasteiger partial charge on any atom is -0.508 e. The summed E-state index contributed by atoms with van der Waals surface area (Å²) in [5, 5.41) is 21.1. The van der Waals surface area contributed by atoms with Crippen LogP contribution in [0.2, 0.25) is 0 Å². The van der Waals surface area contributed by atoms with Gasteiger partial charge in [0.1, 0.15) is 5.75 Å². The molecule has 3 rings (SSSR count). The SMILES string of the molecule is Cc1ccc(S(=O)(=O)n2[nH]c(C(=O)O)c3cc(O)cc2-3)cc1. The van der Waals surface area contributed by atoms with E-state index in [4.69, 9.17) is 5.11 Å². The van der Waals surface area contributed by atoms with Crippen molar-refractivity contribution in [3.63, 3.8) is 0 Å². The molecule has 8 heteroatoms. The highest BCUT2D eigenvalue weighted by atomic mass is 32.2. The molecule has 0 bridgehead atoms. The van der Waals surface area contributed by atoms with Crippen LogP contribution in [0, 0.1) is 6.92 Å². The third kappa shape index (κ3) is 2.04. The molecule has 0 atom stereocenters. The van der Waals surface area contributed by atoms with E-state index in [2.05, 4.69) is 5.10 Å². The first kappa shape index (κ1) is 14.2. The molecule has 1 heterocycles. The zero-order chi connectivity index (χ0) is 16.1. The summed E-state index contributed by atoms with van der Waals surface area (Å²) in [5.41, 5.74) is 0.805. The van der Waals surface area contributed by atoms with Crippen molar-refractivity contribution in [3.05, 3.63) is 47.7 Å². The maximum Gasteiger partial charge on any atom is 0.354 e. The number of hydrogen-bond acceptors (Lipinski definition) is 4. The molecule has 22 heavy (non-hydrogen) atoms. The van der Waals surface area contributed by atoms with E-state index in [0.717, 1.165) is 9.65 Å². The topological polar surface area (TPSA) is 112 Å². The lowest BCUT2D eigenvalue weighted by Crippen LogP contribution is -2.15. The number of nitrogens with one attached hydrogen (secondary N) is 1. The van der Waals surface area contributed by atoms with Gasteiger partial charge in [0, 0.05) is 11.6 Å². The number of aromatic nitrogens is 2. The number of H-pyrrole nitrogens is 1. The van der Waals surface area contributed by atoms with Gasteiger partial charge in [0.05, 0.1) is 10.6 Å². The molecule has 0 fully saturated rings. The number of carboxylic acid groups (broad SMARTS) is 1. The maximum absolute atomic E-state index is 12.7. The Balaban J connectivity index is 2.25. The third-order valence-corrected chi connectivity index (χ3v) is 4.96. The summed E-state index contributed by atoms with van der Waals surface area (Å²) in [7, 11) is -4.00. The molecule has 0 spiro atoms. The van der Waals surface area contributed by atoms with Gasteiger partial charge in [0.2, 0.25) is 0 Å². The zero-order valence-electron chi connectivity index (χ0n) is 11.4. The van der Waals surface area contributed by atoms with Crippen LogP contribution in [-0.2, 0) is 10.0 Å². The highest BCUT2D eigenvalue weighted by molar-refractivity contribution is 7.90. The molecule has 1 aliphatic carbocycles. The van der Waals surface area contributed by atoms with Gasteiger partial charge < -0.3 is 10.2 Å². The Morgan fingerprint density at radius 3 is 2.41 bits per heavy atom. The Morgan fingerprint density at radius 1 is 1.18 bits per heavy atom. The first-order chi connectivity index (χ1) is 10.3. The van der Waals surface area contributed by atoms with Gasteiger partial charge in [-0.2, -0.15) is 12.5 Å². The highest BCUT2D eigenvalue weighted by Crippen LogP contribution is 2.35. The molecular formula is C14H12N2O5S. The van der Waals surface area contributed by atoms with Gasteiger partial charge in [0.15, 0.2) is 5.69 Å². The molecule has 0 amide bonds. The summed E-state index contributed by atoms with van der Waals surface area (Å²) in [6.45, 7) is 1.83. The average Bonchev–Trinajstić information content (AvgIpc) is 2.96. The van der Waals surface area contributed by atoms with Crippen LogP contribution in [0.3, 0.4) is 0 Å². The molecule has 3 N–H and O–H groups in total. The number of fused-ring (bicyclic) bond motifs is 1. The van der Waals surface area contributed by atoms with Crippen molar-refractivity contribution < 1.29 is 23.4 Å². The summed E-state index contributed by atoms with van der Waals surface area (Å²) < 4.78 is 26.1. The van der Waals surface area contributed by atoms with Crippen LogP contribution in [0.25, 0.3) is 11.3 Å². The number of carbonyl (C=O) groups is 1. The van der Waals surface area contributed by atoms with Gasteiger partial charge in [-0.3, -0.25) is 5.10 Å². The number of aromatic carboxylic acids is 1. The molecule has 0 unspecified atom stereocenters. The van der Waals surface area contributed by atoms with E-state index in [1.165, 1.54) is 24.3 Å². The molecule has 1 aliphatic heterocycles. The van der Waals surface area contributed by atoms with Crippen molar-refractivity contribution in [1.29, 1.82) is 0 Å². The largest absolute Gasteiger partial charge is 0.508 e. The lowest BCUT2D eigenvalue weighted by Gasteiger charge is -2.07. The van der Waals surface area contributed by atoms with Crippen molar-refractivity contribution >= 4 is 16.0 Å². The van der Waals surface area contributed by atoms with Crippen molar-refractivity contribution in [2.45, 2.75) is 11.8 Å². The van der Waals surface area contributed by atoms with Gasteiger partial charge in [-0.25, -0.2) is 4.79 Å². The summed E-state index contributed by atoms with van der Waals surface area (Å²) in [6.07, 6.45) is 0. The molecule has 0 aromatic heterocycles. The van der Waals surface area contributed by atoms with E-state index in [0.29, 0.717) is 0 Å². The minimum atomic E-state index is -4.00. The second-order valence-electron chi connectivity index (χ2n) is 4.89. The van der Waals surface area contributed by atoms with E-state index in [9.17, 15) is 18.3 Å². The summed E-state index contributed by atoms with van der Waals surface area (Å²) in [6, 6.07) is 8.57. The van der Waals surface area contributed by atoms with Crippen LogP contribution < -0.4 is 0 Å². The van der Waals surface area contributed by atoms with E-state index in [1.807, 2.05) is 6.92 Å². The van der Waals surface area contributed by atoms with Crippen LogP contribution in [-0.4, -0.2) is 33.8 Å². The number of carboxylic acids is 1. The lowest BCUT2D eigenvalue weighted by molar-refractivity contribution is 0.0691. The standard InChI is InChI=1S/C14H12N2O5S/c1-8-2-4-10(5-3-8)22(20,21)16-12-7-9(17)6-11(12)13(15-16)14(18)19/h2-7,15,17H,1H3,(H,18,19). The fourth-order valence-corrected chi connectivity index (χ4v) is 3.55. The zero-order valence-corrected chi connectivity index (χ0v) is 12.3. The molecule has 0 saturated heterocycles. The van der Waals surface area contributed by atoms with E-state index in [1.54, 1.807) is 12.1 Å². The quantitative estimate of drug-likeness (QED) is 0.682. The molecule has 0 radical (unpaired) electrons. The predicted octanol–water partition coefficient (Wildman–Crippen LogP) is 1.87. The minimum absolute atomic E-state index is 0.0175. The maximum atomic E-state index is 12.7. The summed E-state index contributed by atoms with van der Waals surface area (Å²) in [4.78, 5) is 11.2. The highest BCUT2D eigenvalue weighted by Gasteiger charge is 2.29. The Morgan fingerprint density at radius 2 is 1.82 bits per heavy atom. The number of aromatic hydroxyl groups is 1. The second-order valence-corrected chi connectivity index (χ2v) is 6.67. The number of aryl methyl sites for hydroxylation is 1. The third-order valence-electron chi connectivity index (χ3n) is 3.33. The van der Waals surface area contributed by atoms with E-state index in [-0.39, 0.29) is 27.6 Å². The number of aromatic amines is 1. The molecule has 1 aromatic rings. The van der Waals surface area contributed by atoms with Crippen LogP contribution in [0.5, 0.6) is 5.75 Å². The number of benzene rings is 1. The van der Waals surface area contributed by atoms with Crippen LogP contribution in [0.15, 0.2) is 41.3 Å². The Labute approximate surface area is 125 Å². The number of hydrogen-bond donors (Lipinski definition) is 3. The fourth-order valence-electron chi connectivity index (χ4n) is 2.24. The summed E-state index contributed by atoms with van der Waals surface area (Å²) in [5.74, 6) is -1.51. The fraction of sp³-hybridized carbons (Fsp3) is 0.0714. The Hall–Kier alpha value is -2.74. The van der Waals surface area contributed by atoms with Crippen LogP contribution in [0.4, 0.5) is 0 Å². The van der Waals surface area contributed by atoms with Crippen LogP contribution in [0.1, 0.15) is 16.1 Å². The summed E-state index contributed by atoms with van der Waals surface area (Å²) >= 11 is 0. The first-order valence-electron chi connectivity index (χ1n) is 6.29. The second kappa shape index (κ2) is 4.63. The molecule has 114 valence electrons. The van der Waals surface area contributed by atoms with Crippen LogP contribution >= 0.6 is 0 Å². The van der Waals surface area contributed by atoms with Gasteiger partial charge in [-0.15, -0.1) is 0 Å². The lowest BCUT2D eigenvalue weighted by atomic mass is 10.2. The average molecular weight is 320 g/mol. The molecule has 0 saturated carbocycles. The monoisotopic (exact) mass is 320 g/mol. The normalized spacial score (nSPS) is 11.9. The van der Waals surface area contributed by atoms with Gasteiger partial charge in [0.25, 0.3) is 10.0 Å². The smallest absolute Gasteiger partial charge is 0.354 e. The molecule has 2 aliphatic rings. The molecule has 1 aromatic carbocycles. The Bertz CT molecular complexity index is 934. The van der Waals surface area contributed by atoms with E-state index >= 15 is 0 Å².